The maximum atomic E-state index is 13.4. The van der Waals surface area contributed by atoms with Crippen LogP contribution in [-0.2, 0) is 6.42 Å². The number of hydrogen-bond acceptors (Lipinski definition) is 2. The Bertz CT molecular complexity index is 381. The summed E-state index contributed by atoms with van der Waals surface area (Å²) in [5.74, 6) is -1.25. The molecule has 0 bridgehead atoms. The van der Waals surface area contributed by atoms with Crippen LogP contribution in [0, 0.1) is 11.6 Å². The molecule has 1 aliphatic rings. The van der Waals surface area contributed by atoms with E-state index in [2.05, 4.69) is 0 Å². The van der Waals surface area contributed by atoms with Gasteiger partial charge in [0.15, 0.2) is 0 Å². The van der Waals surface area contributed by atoms with Crippen LogP contribution in [0.1, 0.15) is 30.1 Å². The zero-order valence-corrected chi connectivity index (χ0v) is 8.21. The third-order valence-corrected chi connectivity index (χ3v) is 2.88. The second-order valence-electron chi connectivity index (χ2n) is 3.96. The molecular formula is C11H13F2NO. The molecule has 3 N–H and O–H groups in total. The number of aliphatic hydroxyl groups excluding tert-OH is 1. The smallest absolute Gasteiger partial charge is 0.129 e. The minimum atomic E-state index is -0.965. The van der Waals surface area contributed by atoms with E-state index in [1.165, 1.54) is 6.07 Å². The molecule has 15 heavy (non-hydrogen) atoms. The van der Waals surface area contributed by atoms with Crippen LogP contribution in [0.25, 0.3) is 0 Å². The number of benzene rings is 1. The molecular weight excluding hydrogens is 200 g/mol. The van der Waals surface area contributed by atoms with E-state index in [1.807, 2.05) is 0 Å². The first-order chi connectivity index (χ1) is 7.09. The van der Waals surface area contributed by atoms with Gasteiger partial charge in [-0.15, -0.1) is 0 Å². The van der Waals surface area contributed by atoms with Gasteiger partial charge in [0.1, 0.15) is 11.6 Å². The normalized spacial score (nSPS) is 25.9. The molecule has 1 aliphatic carbocycles. The van der Waals surface area contributed by atoms with Crippen LogP contribution in [0.4, 0.5) is 8.78 Å². The molecule has 0 saturated heterocycles. The lowest BCUT2D eigenvalue weighted by atomic mass is 9.98. The van der Waals surface area contributed by atoms with Gasteiger partial charge in [-0.3, -0.25) is 0 Å². The fourth-order valence-electron chi connectivity index (χ4n) is 2.05. The van der Waals surface area contributed by atoms with Gasteiger partial charge in [-0.25, -0.2) is 8.78 Å². The lowest BCUT2D eigenvalue weighted by molar-refractivity contribution is 0.143. The van der Waals surface area contributed by atoms with E-state index in [0.717, 1.165) is 6.07 Å². The Labute approximate surface area is 86.7 Å². The zero-order valence-electron chi connectivity index (χ0n) is 8.21. The maximum absolute atomic E-state index is 13.4. The number of aliphatic hydroxyl groups is 1. The van der Waals surface area contributed by atoms with Crippen molar-refractivity contribution >= 4 is 0 Å². The molecule has 4 heteroatoms. The van der Waals surface area contributed by atoms with E-state index >= 15 is 0 Å². The van der Waals surface area contributed by atoms with Crippen molar-refractivity contribution in [3.63, 3.8) is 0 Å². The fourth-order valence-corrected chi connectivity index (χ4v) is 2.05. The van der Waals surface area contributed by atoms with Crippen LogP contribution in [-0.4, -0.2) is 11.1 Å². The molecule has 0 amide bonds. The topological polar surface area (TPSA) is 46.2 Å². The first-order valence-corrected chi connectivity index (χ1v) is 5.01. The number of rotatable bonds is 0. The van der Waals surface area contributed by atoms with Gasteiger partial charge in [0, 0.05) is 12.1 Å². The molecule has 1 aromatic rings. The summed E-state index contributed by atoms with van der Waals surface area (Å²) in [6.45, 7) is 0. The van der Waals surface area contributed by atoms with Gasteiger partial charge < -0.3 is 10.8 Å². The van der Waals surface area contributed by atoms with Crippen molar-refractivity contribution in [2.75, 3.05) is 0 Å². The first kappa shape index (κ1) is 10.5. The fraction of sp³-hybridized carbons (Fsp3) is 0.455. The average molecular weight is 213 g/mol. The Morgan fingerprint density at radius 3 is 2.80 bits per heavy atom. The van der Waals surface area contributed by atoms with E-state index < -0.39 is 23.8 Å². The van der Waals surface area contributed by atoms with Crippen LogP contribution < -0.4 is 5.73 Å². The lowest BCUT2D eigenvalue weighted by Crippen LogP contribution is -2.27. The van der Waals surface area contributed by atoms with Gasteiger partial charge in [0.25, 0.3) is 0 Å². The summed E-state index contributed by atoms with van der Waals surface area (Å²) in [4.78, 5) is 0. The summed E-state index contributed by atoms with van der Waals surface area (Å²) in [7, 11) is 0. The zero-order chi connectivity index (χ0) is 11.0. The second-order valence-corrected chi connectivity index (χ2v) is 3.96. The van der Waals surface area contributed by atoms with Crippen molar-refractivity contribution in [1.29, 1.82) is 0 Å². The van der Waals surface area contributed by atoms with Crippen LogP contribution in [0.15, 0.2) is 12.1 Å². The molecule has 0 aliphatic heterocycles. The summed E-state index contributed by atoms with van der Waals surface area (Å²) >= 11 is 0. The highest BCUT2D eigenvalue weighted by molar-refractivity contribution is 5.33. The number of hydrogen-bond donors (Lipinski definition) is 2. The predicted octanol–water partition coefficient (Wildman–Crippen LogP) is 1.66. The van der Waals surface area contributed by atoms with E-state index in [9.17, 15) is 13.9 Å². The molecule has 0 radical (unpaired) electrons. The van der Waals surface area contributed by atoms with E-state index in [4.69, 9.17) is 5.73 Å². The van der Waals surface area contributed by atoms with Gasteiger partial charge in [-0.2, -0.15) is 0 Å². The SMILES string of the molecule is NC1CCCc2c(F)cc(F)cc2C1O. The Hall–Kier alpha value is -1.00. The van der Waals surface area contributed by atoms with Crippen molar-refractivity contribution in [2.24, 2.45) is 5.73 Å². The average Bonchev–Trinajstić information content (AvgIpc) is 2.30. The molecule has 0 saturated carbocycles. The number of halogens is 2. The highest BCUT2D eigenvalue weighted by Gasteiger charge is 2.25. The van der Waals surface area contributed by atoms with Gasteiger partial charge in [-0.05, 0) is 36.5 Å². The molecule has 82 valence electrons. The summed E-state index contributed by atoms with van der Waals surface area (Å²) in [6, 6.07) is 1.59. The summed E-state index contributed by atoms with van der Waals surface area (Å²) in [5, 5.41) is 9.80. The first-order valence-electron chi connectivity index (χ1n) is 5.01. The summed E-state index contributed by atoms with van der Waals surface area (Å²) in [5.41, 5.74) is 6.40. The Balaban J connectivity index is 2.53. The van der Waals surface area contributed by atoms with E-state index in [0.29, 0.717) is 30.4 Å². The van der Waals surface area contributed by atoms with Crippen LogP contribution >= 0.6 is 0 Å². The minimum Gasteiger partial charge on any atom is -0.387 e. The van der Waals surface area contributed by atoms with Gasteiger partial charge in [0.2, 0.25) is 0 Å². The molecule has 1 aromatic carbocycles. The minimum absolute atomic E-state index is 0.303. The lowest BCUT2D eigenvalue weighted by Gasteiger charge is -2.17. The standard InChI is InChI=1S/C11H13F2NO/c12-6-4-8-7(9(13)5-6)2-1-3-10(14)11(8)15/h4-5,10-11,15H,1-3,14H2. The van der Waals surface area contributed by atoms with Gasteiger partial charge in [-0.1, -0.05) is 0 Å². The predicted molar refractivity (Wildman–Crippen MR) is 52.2 cm³/mol. The Kier molecular flexibility index (Phi) is 2.71. The van der Waals surface area contributed by atoms with Crippen molar-refractivity contribution in [3.05, 3.63) is 34.9 Å². The van der Waals surface area contributed by atoms with Crippen molar-refractivity contribution in [1.82, 2.24) is 0 Å². The number of nitrogens with two attached hydrogens (primary N) is 1. The molecule has 0 fully saturated rings. The van der Waals surface area contributed by atoms with E-state index in [-0.39, 0.29) is 0 Å². The molecule has 2 unspecified atom stereocenters. The van der Waals surface area contributed by atoms with Crippen molar-refractivity contribution in [2.45, 2.75) is 31.4 Å². The quantitative estimate of drug-likeness (QED) is 0.644. The van der Waals surface area contributed by atoms with E-state index in [1.54, 1.807) is 0 Å². The Morgan fingerprint density at radius 2 is 2.07 bits per heavy atom. The third-order valence-electron chi connectivity index (χ3n) is 2.88. The molecule has 2 rings (SSSR count). The van der Waals surface area contributed by atoms with Gasteiger partial charge in [0.05, 0.1) is 6.10 Å². The summed E-state index contributed by atoms with van der Waals surface area (Å²) < 4.78 is 26.4. The monoisotopic (exact) mass is 213 g/mol. The molecule has 0 heterocycles. The molecule has 0 aromatic heterocycles. The molecule has 2 atom stereocenters. The Morgan fingerprint density at radius 1 is 1.33 bits per heavy atom. The van der Waals surface area contributed by atoms with Gasteiger partial charge >= 0.3 is 0 Å². The van der Waals surface area contributed by atoms with Crippen LogP contribution in [0.2, 0.25) is 0 Å². The molecule has 0 spiro atoms. The summed E-state index contributed by atoms with van der Waals surface area (Å²) in [6.07, 6.45) is 0.879. The van der Waals surface area contributed by atoms with Crippen LogP contribution in [0.3, 0.4) is 0 Å². The van der Waals surface area contributed by atoms with Crippen molar-refractivity contribution < 1.29 is 13.9 Å². The van der Waals surface area contributed by atoms with Crippen LogP contribution in [0.5, 0.6) is 0 Å². The number of fused-ring (bicyclic) bond motifs is 1. The highest BCUT2D eigenvalue weighted by atomic mass is 19.1. The third kappa shape index (κ3) is 1.87. The maximum Gasteiger partial charge on any atom is 0.129 e. The largest absolute Gasteiger partial charge is 0.387 e. The highest BCUT2D eigenvalue weighted by Crippen LogP contribution is 2.30. The van der Waals surface area contributed by atoms with Crippen molar-refractivity contribution in [3.8, 4) is 0 Å². The molecule has 2 nitrogen and oxygen atoms in total. The second kappa shape index (κ2) is 3.87.